The van der Waals surface area contributed by atoms with Crippen molar-refractivity contribution in [1.82, 2.24) is 0 Å². The Morgan fingerprint density at radius 2 is 0.714 bits per heavy atom. The Kier molecular flexibility index (Phi) is 71.3. The number of nitrogens with zero attached hydrogens (tertiary/aromatic N) is 2. The van der Waals surface area contributed by atoms with Crippen LogP contribution in [0.1, 0.15) is 0 Å². The number of hydrogen-bond acceptors (Lipinski definition) is 0. The minimum Gasteiger partial charge on any atom is -0.668 e. The van der Waals surface area contributed by atoms with Gasteiger partial charge in [-0.1, -0.05) is 0 Å². The second kappa shape index (κ2) is 31.9. The Morgan fingerprint density at radius 1 is 0.714 bits per heavy atom. The largest absolute Gasteiger partial charge is 2.00 e. The van der Waals surface area contributed by atoms with Crippen molar-refractivity contribution >= 4 is 0 Å². The molecule has 0 bridgehead atoms. The van der Waals surface area contributed by atoms with Gasteiger partial charge in [0.15, 0.2) is 0 Å². The van der Waals surface area contributed by atoms with Crippen LogP contribution >= 0.6 is 0 Å². The molecule has 0 unspecified atom stereocenters. The third-order valence-corrected chi connectivity index (χ3v) is 0. The van der Waals surface area contributed by atoms with Crippen molar-refractivity contribution in [2.24, 2.45) is 0 Å². The average molecular weight is 140 g/mol. The van der Waals surface area contributed by atoms with Crippen LogP contribution in [0.15, 0.2) is 0 Å². The first kappa shape index (κ1) is 15.7. The number of hydrogen-bond donors (Lipinski definition) is 0. The van der Waals surface area contributed by atoms with Gasteiger partial charge in [-0.2, -0.15) is 28.2 Å². The van der Waals surface area contributed by atoms with Crippen LogP contribution in [-0.2, 0) is 17.4 Å². The van der Waals surface area contributed by atoms with Crippen LogP contribution in [0.5, 0.6) is 0 Å². The van der Waals surface area contributed by atoms with E-state index in [-0.39, 0.29) is 17.4 Å². The molecule has 0 aliphatic heterocycles. The van der Waals surface area contributed by atoms with Crippen molar-refractivity contribution in [2.75, 3.05) is 28.2 Å². The van der Waals surface area contributed by atoms with Crippen LogP contribution in [0.4, 0.5) is 0 Å². The molecule has 44 valence electrons. The van der Waals surface area contributed by atoms with E-state index in [1.54, 1.807) is 28.2 Å². The molecule has 0 amide bonds. The molecular weight excluding hydrogens is 128 g/mol. The molecule has 0 N–H and O–H groups in total. The molecule has 0 aromatic carbocycles. The van der Waals surface area contributed by atoms with Gasteiger partial charge in [0.2, 0.25) is 0 Å². The predicted molar refractivity (Wildman–Crippen MR) is 30.4 cm³/mol. The van der Waals surface area contributed by atoms with Crippen molar-refractivity contribution in [2.45, 2.75) is 0 Å². The van der Waals surface area contributed by atoms with Crippen LogP contribution in [-0.4, -0.2) is 28.2 Å². The quantitative estimate of drug-likeness (QED) is 0.484. The standard InChI is InChI=1S/2C2H6N.Cr/c2*1-3-2;/h2*1-2H3;/q2*-1;+2. The molecule has 0 spiro atoms. The summed E-state index contributed by atoms with van der Waals surface area (Å²) in [7, 11) is 7.00. The smallest absolute Gasteiger partial charge is 0.668 e. The van der Waals surface area contributed by atoms with Crippen LogP contribution in [0.3, 0.4) is 0 Å². The van der Waals surface area contributed by atoms with Gasteiger partial charge >= 0.3 is 17.4 Å². The molecule has 0 fully saturated rings. The van der Waals surface area contributed by atoms with E-state index in [1.165, 1.54) is 0 Å². The topological polar surface area (TPSA) is 28.2 Å². The summed E-state index contributed by atoms with van der Waals surface area (Å²) in [5.74, 6) is 0. The normalized spacial score (nSPS) is 5.14. The minimum atomic E-state index is 0. The summed E-state index contributed by atoms with van der Waals surface area (Å²) in [6.07, 6.45) is 0. The number of rotatable bonds is 0. The predicted octanol–water partition coefficient (Wildman–Crippen LogP) is 1.24. The summed E-state index contributed by atoms with van der Waals surface area (Å²) in [4.78, 5) is 0. The van der Waals surface area contributed by atoms with Gasteiger partial charge in [0.1, 0.15) is 0 Å². The second-order valence-corrected chi connectivity index (χ2v) is 0.894. The van der Waals surface area contributed by atoms with Crippen molar-refractivity contribution in [3.05, 3.63) is 10.6 Å². The fraction of sp³-hybridized carbons (Fsp3) is 1.00. The Hall–Kier alpha value is 0.452. The van der Waals surface area contributed by atoms with Crippen molar-refractivity contribution in [3.63, 3.8) is 0 Å². The van der Waals surface area contributed by atoms with Gasteiger partial charge in [0, 0.05) is 0 Å². The first-order valence-corrected chi connectivity index (χ1v) is 1.79. The maximum atomic E-state index is 3.50. The molecule has 0 aliphatic rings. The Labute approximate surface area is 56.8 Å². The molecule has 0 rings (SSSR count). The van der Waals surface area contributed by atoms with Crippen LogP contribution < -0.4 is 0 Å². The van der Waals surface area contributed by atoms with E-state index >= 15 is 0 Å². The van der Waals surface area contributed by atoms with Gasteiger partial charge in [-0.25, -0.2) is 0 Å². The van der Waals surface area contributed by atoms with Crippen LogP contribution in [0, 0.1) is 0 Å². The fourth-order valence-corrected chi connectivity index (χ4v) is 0. The second-order valence-electron chi connectivity index (χ2n) is 0.894. The molecule has 0 aromatic rings. The monoisotopic (exact) mass is 140 g/mol. The van der Waals surface area contributed by atoms with E-state index in [2.05, 4.69) is 10.6 Å². The zero-order valence-corrected chi connectivity index (χ0v) is 6.58. The maximum absolute atomic E-state index is 3.50. The first-order valence-electron chi connectivity index (χ1n) is 1.79. The Morgan fingerprint density at radius 3 is 0.714 bits per heavy atom. The Bertz CT molecular complexity index is 11.7. The van der Waals surface area contributed by atoms with Crippen molar-refractivity contribution in [3.8, 4) is 0 Å². The molecule has 0 aliphatic carbocycles. The summed E-state index contributed by atoms with van der Waals surface area (Å²) < 4.78 is 0. The molecular formula is C4H12CrN2. The summed E-state index contributed by atoms with van der Waals surface area (Å²) in [6.45, 7) is 0. The Balaban J connectivity index is -0.0000000400. The van der Waals surface area contributed by atoms with Crippen molar-refractivity contribution < 1.29 is 17.4 Å². The maximum Gasteiger partial charge on any atom is 2.00 e. The molecule has 7 heavy (non-hydrogen) atoms. The minimum absolute atomic E-state index is 0. The van der Waals surface area contributed by atoms with Gasteiger partial charge in [-0.15, -0.1) is 0 Å². The van der Waals surface area contributed by atoms with E-state index in [4.69, 9.17) is 0 Å². The molecule has 0 heterocycles. The molecule has 0 radical (unpaired) electrons. The summed E-state index contributed by atoms with van der Waals surface area (Å²) in [6, 6.07) is 0. The third-order valence-electron chi connectivity index (χ3n) is 0. The average Bonchev–Trinajstić information content (AvgIpc) is 1.39. The van der Waals surface area contributed by atoms with E-state index in [0.29, 0.717) is 0 Å². The van der Waals surface area contributed by atoms with E-state index < -0.39 is 0 Å². The van der Waals surface area contributed by atoms with Gasteiger partial charge < -0.3 is 10.6 Å². The van der Waals surface area contributed by atoms with Gasteiger partial charge in [-0.3, -0.25) is 0 Å². The van der Waals surface area contributed by atoms with E-state index in [0.717, 1.165) is 0 Å². The van der Waals surface area contributed by atoms with Crippen LogP contribution in [0.25, 0.3) is 10.6 Å². The first-order chi connectivity index (χ1) is 2.83. The van der Waals surface area contributed by atoms with Crippen LogP contribution in [0.2, 0.25) is 0 Å². The molecule has 0 saturated heterocycles. The van der Waals surface area contributed by atoms with Gasteiger partial charge in [-0.05, 0) is 0 Å². The molecule has 3 heteroatoms. The summed E-state index contributed by atoms with van der Waals surface area (Å²) in [5, 5.41) is 7.00. The molecule has 0 aromatic heterocycles. The summed E-state index contributed by atoms with van der Waals surface area (Å²) in [5.41, 5.74) is 0. The molecule has 2 nitrogen and oxygen atoms in total. The van der Waals surface area contributed by atoms with Crippen molar-refractivity contribution in [1.29, 1.82) is 0 Å². The van der Waals surface area contributed by atoms with E-state index in [9.17, 15) is 0 Å². The van der Waals surface area contributed by atoms with Gasteiger partial charge in [0.05, 0.1) is 0 Å². The third kappa shape index (κ3) is 625. The summed E-state index contributed by atoms with van der Waals surface area (Å²) >= 11 is 0. The van der Waals surface area contributed by atoms with E-state index in [1.807, 2.05) is 0 Å². The zero-order chi connectivity index (χ0) is 5.41. The van der Waals surface area contributed by atoms with Gasteiger partial charge in [0.25, 0.3) is 0 Å². The fourth-order valence-electron chi connectivity index (χ4n) is 0. The SMILES string of the molecule is C[N-]C.C[N-]C.[Cr+2]. The molecule has 0 saturated carbocycles. The zero-order valence-electron chi connectivity index (χ0n) is 5.30. The molecule has 0 atom stereocenters.